The van der Waals surface area contributed by atoms with Gasteiger partial charge < -0.3 is 0 Å². The molecule has 0 aliphatic heterocycles. The minimum Gasteiger partial charge on any atom is -0.145 e. The molecule has 56 valence electrons. The van der Waals surface area contributed by atoms with Crippen molar-refractivity contribution >= 4 is 5.69 Å². The van der Waals surface area contributed by atoms with E-state index in [1.807, 2.05) is 18.2 Å². The molecule has 2 heteroatoms. The topological polar surface area (TPSA) is 29.4 Å². The van der Waals surface area contributed by atoms with Gasteiger partial charge in [0, 0.05) is 0 Å². The van der Waals surface area contributed by atoms with E-state index >= 15 is 0 Å². The van der Waals surface area contributed by atoms with E-state index in [-0.39, 0.29) is 0 Å². The van der Waals surface area contributed by atoms with Crippen molar-refractivity contribution in [1.82, 2.24) is 0 Å². The molecule has 0 atom stereocenters. The minimum atomic E-state index is 0.615. The number of rotatable bonds is 2. The second-order valence-corrected chi connectivity index (χ2v) is 2.92. The zero-order valence-electron chi connectivity index (χ0n) is 6.16. The van der Waals surface area contributed by atoms with Crippen molar-refractivity contribution in [1.29, 1.82) is 0 Å². The first-order valence-electron chi connectivity index (χ1n) is 3.84. The van der Waals surface area contributed by atoms with E-state index in [2.05, 4.69) is 5.18 Å². The predicted octanol–water partition coefficient (Wildman–Crippen LogP) is 2.96. The third-order valence-corrected chi connectivity index (χ3v) is 2.05. The standard InChI is InChI=1S/C9H9NO/c11-10-9-4-2-1-3-8(9)7-5-6-7/h1-4,7H,5-6H2. The van der Waals surface area contributed by atoms with Crippen LogP contribution in [-0.2, 0) is 0 Å². The van der Waals surface area contributed by atoms with Crippen LogP contribution < -0.4 is 0 Å². The van der Waals surface area contributed by atoms with Crippen LogP contribution in [0.15, 0.2) is 29.4 Å². The first-order valence-corrected chi connectivity index (χ1v) is 3.84. The Labute approximate surface area is 65.2 Å². The fourth-order valence-electron chi connectivity index (χ4n) is 1.31. The maximum Gasteiger partial charge on any atom is 0.111 e. The lowest BCUT2D eigenvalue weighted by molar-refractivity contribution is 1.12. The van der Waals surface area contributed by atoms with Crippen molar-refractivity contribution in [3.8, 4) is 0 Å². The molecule has 0 aromatic heterocycles. The lowest BCUT2D eigenvalue weighted by atomic mass is 10.1. The van der Waals surface area contributed by atoms with E-state index in [1.165, 1.54) is 12.8 Å². The molecule has 0 N–H and O–H groups in total. The second-order valence-electron chi connectivity index (χ2n) is 2.92. The van der Waals surface area contributed by atoms with Gasteiger partial charge in [0.25, 0.3) is 0 Å². The van der Waals surface area contributed by atoms with Gasteiger partial charge in [0.05, 0.1) is 0 Å². The van der Waals surface area contributed by atoms with E-state index < -0.39 is 0 Å². The van der Waals surface area contributed by atoms with Gasteiger partial charge in [-0.3, -0.25) is 0 Å². The Balaban J connectivity index is 2.42. The largest absolute Gasteiger partial charge is 0.145 e. The van der Waals surface area contributed by atoms with Crippen LogP contribution in [0.1, 0.15) is 24.3 Å². The van der Waals surface area contributed by atoms with Crippen molar-refractivity contribution in [2.45, 2.75) is 18.8 Å². The Hall–Kier alpha value is -1.18. The lowest BCUT2D eigenvalue weighted by Gasteiger charge is -1.97. The Morgan fingerprint density at radius 1 is 1.27 bits per heavy atom. The average Bonchev–Trinajstić information content (AvgIpc) is 2.87. The number of hydrogen-bond donors (Lipinski definition) is 0. The molecular formula is C9H9NO. The Morgan fingerprint density at radius 3 is 2.64 bits per heavy atom. The molecule has 0 bridgehead atoms. The second kappa shape index (κ2) is 2.46. The van der Waals surface area contributed by atoms with Gasteiger partial charge in [0.15, 0.2) is 0 Å². The SMILES string of the molecule is O=Nc1ccccc1C1CC1. The fraction of sp³-hybridized carbons (Fsp3) is 0.333. The number of benzene rings is 1. The lowest BCUT2D eigenvalue weighted by Crippen LogP contribution is -1.77. The number of hydrogen-bond acceptors (Lipinski definition) is 2. The highest BCUT2D eigenvalue weighted by molar-refractivity contribution is 5.48. The quantitative estimate of drug-likeness (QED) is 0.591. The molecule has 2 nitrogen and oxygen atoms in total. The van der Waals surface area contributed by atoms with E-state index in [1.54, 1.807) is 6.07 Å². The molecule has 0 unspecified atom stereocenters. The van der Waals surface area contributed by atoms with Crippen LogP contribution in [0, 0.1) is 4.91 Å². The smallest absolute Gasteiger partial charge is 0.111 e. The van der Waals surface area contributed by atoms with Crippen LogP contribution in [0.5, 0.6) is 0 Å². The zero-order valence-corrected chi connectivity index (χ0v) is 6.16. The molecule has 0 heterocycles. The summed E-state index contributed by atoms with van der Waals surface area (Å²) in [6, 6.07) is 7.58. The van der Waals surface area contributed by atoms with Gasteiger partial charge in [0.1, 0.15) is 5.69 Å². The molecule has 0 amide bonds. The minimum absolute atomic E-state index is 0.615. The van der Waals surface area contributed by atoms with E-state index in [0.717, 1.165) is 5.56 Å². The maximum absolute atomic E-state index is 10.3. The zero-order chi connectivity index (χ0) is 7.68. The molecule has 0 saturated heterocycles. The Kier molecular flexibility index (Phi) is 1.46. The molecule has 1 aliphatic rings. The number of nitroso groups, excluding NO2 is 1. The first kappa shape index (κ1) is 6.53. The van der Waals surface area contributed by atoms with Crippen molar-refractivity contribution in [2.24, 2.45) is 5.18 Å². The third kappa shape index (κ3) is 1.16. The Bertz CT molecular complexity index is 279. The highest BCUT2D eigenvalue weighted by atomic mass is 16.3. The van der Waals surface area contributed by atoms with Gasteiger partial charge in [-0.05, 0) is 35.6 Å². The van der Waals surface area contributed by atoms with Gasteiger partial charge in [-0.15, -0.1) is 4.91 Å². The van der Waals surface area contributed by atoms with Gasteiger partial charge in [-0.25, -0.2) is 0 Å². The molecule has 0 spiro atoms. The fourth-order valence-corrected chi connectivity index (χ4v) is 1.31. The van der Waals surface area contributed by atoms with Gasteiger partial charge >= 0.3 is 0 Å². The summed E-state index contributed by atoms with van der Waals surface area (Å²) in [6.45, 7) is 0. The van der Waals surface area contributed by atoms with Crippen molar-refractivity contribution in [2.75, 3.05) is 0 Å². The van der Waals surface area contributed by atoms with Crippen LogP contribution >= 0.6 is 0 Å². The molecule has 1 aromatic rings. The molecule has 0 radical (unpaired) electrons. The van der Waals surface area contributed by atoms with Crippen molar-refractivity contribution in [3.05, 3.63) is 34.7 Å². The van der Waals surface area contributed by atoms with Crippen LogP contribution in [0.2, 0.25) is 0 Å². The van der Waals surface area contributed by atoms with E-state index in [4.69, 9.17) is 0 Å². The summed E-state index contributed by atoms with van der Waals surface area (Å²) in [5, 5.41) is 2.98. The summed E-state index contributed by atoms with van der Waals surface area (Å²) in [5.74, 6) is 0.615. The summed E-state index contributed by atoms with van der Waals surface area (Å²) in [7, 11) is 0. The molecule has 1 aliphatic carbocycles. The summed E-state index contributed by atoms with van der Waals surface area (Å²) in [4.78, 5) is 10.3. The summed E-state index contributed by atoms with van der Waals surface area (Å²) >= 11 is 0. The molecule has 11 heavy (non-hydrogen) atoms. The third-order valence-electron chi connectivity index (χ3n) is 2.05. The van der Waals surface area contributed by atoms with Gasteiger partial charge in [0.2, 0.25) is 0 Å². The van der Waals surface area contributed by atoms with E-state index in [0.29, 0.717) is 11.6 Å². The molecule has 1 fully saturated rings. The summed E-state index contributed by atoms with van der Waals surface area (Å²) in [5.41, 5.74) is 1.75. The Morgan fingerprint density at radius 2 is 2.00 bits per heavy atom. The van der Waals surface area contributed by atoms with E-state index in [9.17, 15) is 4.91 Å². The molecular weight excluding hydrogens is 138 g/mol. The summed E-state index contributed by atoms with van der Waals surface area (Å²) < 4.78 is 0. The normalized spacial score (nSPS) is 16.4. The maximum atomic E-state index is 10.3. The molecule has 1 aromatic carbocycles. The predicted molar refractivity (Wildman–Crippen MR) is 43.9 cm³/mol. The average molecular weight is 147 g/mol. The van der Waals surface area contributed by atoms with Crippen LogP contribution in [-0.4, -0.2) is 0 Å². The molecule has 1 saturated carbocycles. The highest BCUT2D eigenvalue weighted by Gasteiger charge is 2.25. The molecule has 2 rings (SSSR count). The summed E-state index contributed by atoms with van der Waals surface area (Å²) in [6.07, 6.45) is 2.43. The van der Waals surface area contributed by atoms with Crippen LogP contribution in [0.3, 0.4) is 0 Å². The van der Waals surface area contributed by atoms with Crippen molar-refractivity contribution < 1.29 is 0 Å². The van der Waals surface area contributed by atoms with Crippen LogP contribution in [0.4, 0.5) is 5.69 Å². The number of nitrogens with zero attached hydrogens (tertiary/aromatic N) is 1. The van der Waals surface area contributed by atoms with Crippen molar-refractivity contribution in [3.63, 3.8) is 0 Å². The first-order chi connectivity index (χ1) is 5.42. The van der Waals surface area contributed by atoms with Gasteiger partial charge in [-0.1, -0.05) is 18.2 Å². The monoisotopic (exact) mass is 147 g/mol. The van der Waals surface area contributed by atoms with Gasteiger partial charge in [-0.2, -0.15) is 0 Å². The highest BCUT2D eigenvalue weighted by Crippen LogP contribution is 2.43. The van der Waals surface area contributed by atoms with Crippen LogP contribution in [0.25, 0.3) is 0 Å².